The summed E-state index contributed by atoms with van der Waals surface area (Å²) in [4.78, 5) is 15.8. The Morgan fingerprint density at radius 1 is 0.315 bits per heavy atom. The third kappa shape index (κ3) is 4.83. The SMILES string of the molecule is c1ccc(-c2cccc(-c3nc(-c4cccc5ccc6c7ccccc7oc6c45)nc(-c4cccc5oc6cccc(-c7ccccc7)c6c45)n3)c2)cc1. The van der Waals surface area contributed by atoms with Crippen molar-refractivity contribution >= 4 is 54.6 Å². The fraction of sp³-hybridized carbons (Fsp3) is 0. The van der Waals surface area contributed by atoms with Crippen molar-refractivity contribution in [2.75, 3.05) is 0 Å². The van der Waals surface area contributed by atoms with Crippen molar-refractivity contribution in [1.29, 1.82) is 0 Å². The fourth-order valence-corrected chi connectivity index (χ4v) is 7.86. The summed E-state index contributed by atoms with van der Waals surface area (Å²) in [7, 11) is 0. The van der Waals surface area contributed by atoms with Crippen molar-refractivity contribution < 1.29 is 8.83 Å². The van der Waals surface area contributed by atoms with E-state index in [0.717, 1.165) is 93.6 Å². The molecule has 0 N–H and O–H groups in total. The number of benzene rings is 8. The van der Waals surface area contributed by atoms with Gasteiger partial charge in [-0.15, -0.1) is 0 Å². The van der Waals surface area contributed by atoms with Crippen LogP contribution in [-0.4, -0.2) is 15.0 Å². The van der Waals surface area contributed by atoms with Gasteiger partial charge in [-0.2, -0.15) is 0 Å². The van der Waals surface area contributed by atoms with Crippen LogP contribution in [0.15, 0.2) is 185 Å². The Morgan fingerprint density at radius 2 is 0.870 bits per heavy atom. The molecule has 3 heterocycles. The highest BCUT2D eigenvalue weighted by Crippen LogP contribution is 2.43. The zero-order valence-corrected chi connectivity index (χ0v) is 28.9. The van der Waals surface area contributed by atoms with Crippen molar-refractivity contribution in [2.45, 2.75) is 0 Å². The first-order valence-corrected chi connectivity index (χ1v) is 18.0. The van der Waals surface area contributed by atoms with Crippen LogP contribution >= 0.6 is 0 Å². The van der Waals surface area contributed by atoms with E-state index in [0.29, 0.717) is 17.5 Å². The van der Waals surface area contributed by atoms with Crippen LogP contribution < -0.4 is 0 Å². The smallest absolute Gasteiger partial charge is 0.164 e. The maximum Gasteiger partial charge on any atom is 0.164 e. The van der Waals surface area contributed by atoms with Crippen molar-refractivity contribution in [2.24, 2.45) is 0 Å². The molecule has 0 aliphatic carbocycles. The molecule has 0 fully saturated rings. The molecule has 0 unspecified atom stereocenters. The summed E-state index contributed by atoms with van der Waals surface area (Å²) >= 11 is 0. The number of fused-ring (bicyclic) bond motifs is 8. The molecule has 54 heavy (non-hydrogen) atoms. The molecule has 11 rings (SSSR count). The van der Waals surface area contributed by atoms with Gasteiger partial charge in [-0.1, -0.05) is 146 Å². The summed E-state index contributed by atoms with van der Waals surface area (Å²) < 4.78 is 13.1. The molecule has 0 aliphatic heterocycles. The molecule has 0 atom stereocenters. The molecule has 0 amide bonds. The molecular formula is C49H29N3O2. The predicted molar refractivity (Wildman–Crippen MR) is 219 cm³/mol. The standard InChI is InChI=1S/C49H29N3O2/c1-3-13-30(14-4-1)33-18-9-19-34(29-33)47-50-48(38-22-10-17-32-27-28-37-36-20-7-8-24-40(36)54-46(37)43(32)38)52-49(51-47)39-23-12-26-42-45(39)44-35(21-11-25-41(44)53-42)31-15-5-2-6-16-31/h1-29H. The monoisotopic (exact) mass is 691 g/mol. The molecule has 5 heteroatoms. The summed E-state index contributed by atoms with van der Waals surface area (Å²) in [6.07, 6.45) is 0. The number of furan rings is 2. The first-order valence-electron chi connectivity index (χ1n) is 18.0. The van der Waals surface area contributed by atoms with Gasteiger partial charge in [0, 0.05) is 43.6 Å². The van der Waals surface area contributed by atoms with Gasteiger partial charge in [-0.25, -0.2) is 15.0 Å². The third-order valence-electron chi connectivity index (χ3n) is 10.3. The second kappa shape index (κ2) is 12.1. The maximum absolute atomic E-state index is 6.59. The minimum atomic E-state index is 0.560. The van der Waals surface area contributed by atoms with Gasteiger partial charge in [0.15, 0.2) is 17.5 Å². The van der Waals surface area contributed by atoms with E-state index in [2.05, 4.69) is 121 Å². The van der Waals surface area contributed by atoms with E-state index in [1.807, 2.05) is 54.6 Å². The Balaban J connectivity index is 1.21. The Labute approximate surface area is 309 Å². The summed E-state index contributed by atoms with van der Waals surface area (Å²) in [5, 5.41) is 6.13. The normalized spacial score (nSPS) is 11.7. The molecule has 0 aliphatic rings. The van der Waals surface area contributed by atoms with E-state index in [1.54, 1.807) is 0 Å². The van der Waals surface area contributed by atoms with Crippen LogP contribution in [0.3, 0.4) is 0 Å². The van der Waals surface area contributed by atoms with E-state index in [9.17, 15) is 0 Å². The lowest BCUT2D eigenvalue weighted by Gasteiger charge is -2.12. The summed E-state index contributed by atoms with van der Waals surface area (Å²) in [5.41, 5.74) is 10.3. The highest BCUT2D eigenvalue weighted by molar-refractivity contribution is 6.19. The number of nitrogens with zero attached hydrogens (tertiary/aromatic N) is 3. The molecule has 8 aromatic carbocycles. The Bertz CT molecular complexity index is 3220. The number of para-hydroxylation sites is 1. The average Bonchev–Trinajstić information content (AvgIpc) is 3.83. The Morgan fingerprint density at radius 3 is 1.65 bits per heavy atom. The summed E-state index contributed by atoms with van der Waals surface area (Å²) in [6.45, 7) is 0. The third-order valence-corrected chi connectivity index (χ3v) is 10.3. The van der Waals surface area contributed by atoms with Gasteiger partial charge in [0.1, 0.15) is 22.3 Å². The number of hydrogen-bond donors (Lipinski definition) is 0. The first-order chi connectivity index (χ1) is 26.8. The van der Waals surface area contributed by atoms with Gasteiger partial charge in [-0.3, -0.25) is 0 Å². The minimum absolute atomic E-state index is 0.560. The lowest BCUT2D eigenvalue weighted by atomic mass is 9.97. The van der Waals surface area contributed by atoms with Crippen LogP contribution in [0, 0.1) is 0 Å². The van der Waals surface area contributed by atoms with Crippen molar-refractivity contribution in [3.63, 3.8) is 0 Å². The molecule has 0 bridgehead atoms. The molecule has 0 saturated carbocycles. The second-order valence-electron chi connectivity index (χ2n) is 13.5. The molecule has 0 saturated heterocycles. The fourth-order valence-electron chi connectivity index (χ4n) is 7.86. The molecule has 0 radical (unpaired) electrons. The summed E-state index contributed by atoms with van der Waals surface area (Å²) in [5.74, 6) is 1.70. The quantitative estimate of drug-likeness (QED) is 0.180. The van der Waals surface area contributed by atoms with Crippen molar-refractivity contribution in [3.05, 3.63) is 176 Å². The van der Waals surface area contributed by atoms with E-state index in [1.165, 1.54) is 0 Å². The lowest BCUT2D eigenvalue weighted by Crippen LogP contribution is -2.01. The Kier molecular flexibility index (Phi) is 6.79. The average molecular weight is 692 g/mol. The van der Waals surface area contributed by atoms with Crippen LogP contribution in [-0.2, 0) is 0 Å². The van der Waals surface area contributed by atoms with E-state index in [-0.39, 0.29) is 0 Å². The van der Waals surface area contributed by atoms with Gasteiger partial charge in [0.05, 0.1) is 0 Å². The zero-order chi connectivity index (χ0) is 35.6. The number of hydrogen-bond acceptors (Lipinski definition) is 5. The van der Waals surface area contributed by atoms with Crippen molar-refractivity contribution in [3.8, 4) is 56.4 Å². The van der Waals surface area contributed by atoms with Gasteiger partial charge < -0.3 is 8.83 Å². The molecule has 3 aromatic heterocycles. The predicted octanol–water partition coefficient (Wildman–Crippen LogP) is 13.2. The molecule has 5 nitrogen and oxygen atoms in total. The second-order valence-corrected chi connectivity index (χ2v) is 13.5. The van der Waals surface area contributed by atoms with Gasteiger partial charge in [0.2, 0.25) is 0 Å². The lowest BCUT2D eigenvalue weighted by molar-refractivity contribution is 0.669. The summed E-state index contributed by atoms with van der Waals surface area (Å²) in [6, 6.07) is 60.3. The molecule has 0 spiro atoms. The maximum atomic E-state index is 6.59. The molecule has 252 valence electrons. The zero-order valence-electron chi connectivity index (χ0n) is 28.9. The molecular weight excluding hydrogens is 663 g/mol. The largest absolute Gasteiger partial charge is 0.456 e. The first kappa shape index (κ1) is 30.3. The van der Waals surface area contributed by atoms with Crippen LogP contribution in [0.4, 0.5) is 0 Å². The topological polar surface area (TPSA) is 65.0 Å². The minimum Gasteiger partial charge on any atom is -0.456 e. The van der Waals surface area contributed by atoms with Crippen LogP contribution in [0.5, 0.6) is 0 Å². The van der Waals surface area contributed by atoms with E-state index >= 15 is 0 Å². The van der Waals surface area contributed by atoms with Crippen LogP contribution in [0.2, 0.25) is 0 Å². The highest BCUT2D eigenvalue weighted by Gasteiger charge is 2.22. The van der Waals surface area contributed by atoms with Gasteiger partial charge in [0.25, 0.3) is 0 Å². The molecule has 11 aromatic rings. The van der Waals surface area contributed by atoms with Gasteiger partial charge >= 0.3 is 0 Å². The van der Waals surface area contributed by atoms with Crippen LogP contribution in [0.1, 0.15) is 0 Å². The Hall–Kier alpha value is -7.37. The van der Waals surface area contributed by atoms with Crippen LogP contribution in [0.25, 0.3) is 111 Å². The number of aromatic nitrogens is 3. The van der Waals surface area contributed by atoms with E-state index in [4.69, 9.17) is 23.8 Å². The van der Waals surface area contributed by atoms with Gasteiger partial charge in [-0.05, 0) is 58.0 Å². The van der Waals surface area contributed by atoms with E-state index < -0.39 is 0 Å². The highest BCUT2D eigenvalue weighted by atomic mass is 16.3. The van der Waals surface area contributed by atoms with Crippen molar-refractivity contribution in [1.82, 2.24) is 15.0 Å². The number of rotatable bonds is 5.